The number of ketones is 2. The number of amides is 2. The van der Waals surface area contributed by atoms with Gasteiger partial charge in [-0.25, -0.2) is 0 Å². The number of primary amides is 1. The van der Waals surface area contributed by atoms with E-state index in [1.54, 1.807) is 20.1 Å². The summed E-state index contributed by atoms with van der Waals surface area (Å²) < 4.78 is 5.52. The molecule has 342 valence electrons. The Bertz CT molecular complexity index is 2520. The number of hydrogen-bond donors (Lipinski definition) is 7. The number of phenols is 1. The largest absolute Gasteiger partial charge is 0.508 e. The zero-order valence-electron chi connectivity index (χ0n) is 37.7. The zero-order valence-corrected chi connectivity index (χ0v) is 38.6. The predicted molar refractivity (Wildman–Crippen MR) is 253 cm³/mol. The number of fused-ring (bicyclic) bond motifs is 3. The summed E-state index contributed by atoms with van der Waals surface area (Å²) in [4.78, 5) is 54.8. The minimum atomic E-state index is -3.02. The maximum Gasteiger partial charge on any atom is 0.255 e. The van der Waals surface area contributed by atoms with E-state index in [1.165, 1.54) is 52.1 Å². The molecule has 4 aromatic carbocycles. The number of phenolic OH excluding ortho intramolecular Hbond substituents is 1. The number of carbonyl (C=O) groups excluding carboxylic acids is 4. The lowest BCUT2D eigenvalue weighted by Crippen LogP contribution is -2.70. The summed E-state index contributed by atoms with van der Waals surface area (Å²) in [7, 11) is 2.53. The average Bonchev–Trinajstić information content (AvgIpc) is 3.27. The van der Waals surface area contributed by atoms with E-state index in [4.69, 9.17) is 10.5 Å². The number of ether oxygens (including phenoxy) is 1. The molecule has 13 nitrogen and oxygen atoms in total. The molecule has 0 unspecified atom stereocenters. The number of benzene rings is 4. The molecule has 0 saturated heterocycles. The first-order valence-corrected chi connectivity index (χ1v) is 24.0. The Morgan fingerprint density at radius 2 is 1.35 bits per heavy atom. The Hall–Kier alpha value is -5.85. The van der Waals surface area contributed by atoms with Gasteiger partial charge in [0.1, 0.15) is 51.8 Å². The van der Waals surface area contributed by atoms with E-state index < -0.39 is 88.7 Å². The lowest BCUT2D eigenvalue weighted by atomic mass is 9.54. The number of rotatable bonds is 15. The molecule has 4 aromatic rings. The van der Waals surface area contributed by atoms with Crippen molar-refractivity contribution in [3.05, 3.63) is 124 Å². The maximum atomic E-state index is 14.3. The zero-order chi connectivity index (χ0) is 47.1. The van der Waals surface area contributed by atoms with E-state index in [-0.39, 0.29) is 23.6 Å². The van der Waals surface area contributed by atoms with Crippen LogP contribution in [0.5, 0.6) is 11.5 Å². The average molecular weight is 905 g/mol. The second kappa shape index (κ2) is 18.6. The van der Waals surface area contributed by atoms with Crippen LogP contribution in [0.15, 0.2) is 102 Å². The van der Waals surface area contributed by atoms with Crippen LogP contribution < -0.4 is 31.7 Å². The van der Waals surface area contributed by atoms with E-state index >= 15 is 0 Å². The molecule has 0 spiro atoms. The van der Waals surface area contributed by atoms with Crippen molar-refractivity contribution < 1.29 is 49.4 Å². The molecule has 3 aliphatic rings. The van der Waals surface area contributed by atoms with E-state index in [9.17, 15) is 44.7 Å². The summed E-state index contributed by atoms with van der Waals surface area (Å²) in [6.45, 7) is 5.85. The van der Waals surface area contributed by atoms with Crippen molar-refractivity contribution >= 4 is 58.0 Å². The molecule has 2 amide bonds. The highest BCUT2D eigenvalue weighted by molar-refractivity contribution is 7.95. The predicted octanol–water partition coefficient (Wildman–Crippen LogP) is 5.39. The second-order valence-electron chi connectivity index (χ2n) is 17.9. The quantitative estimate of drug-likeness (QED) is 0.0347. The van der Waals surface area contributed by atoms with Crippen LogP contribution in [0.3, 0.4) is 0 Å². The minimum absolute atomic E-state index is 0.0207. The van der Waals surface area contributed by atoms with Crippen LogP contribution in [-0.2, 0) is 19.2 Å². The molecule has 14 heteroatoms. The SMILES string of the molecule is COc1ccc([P+](CCCCCCCC(=O)Nc2ccc3c(c2O)C(O)=C2C(=O)[C@]4(O)C(O)=C(C(N)=O)C(=O)[C@@H](N(C)C)[C@@H]4[C@@H](O)[C@@H]2[C@H]3C)(c2ccc(C)cc2)c2ccc(C)cc2)cc1. The molecule has 1 saturated carbocycles. The van der Waals surface area contributed by atoms with Gasteiger partial charge in [-0.2, -0.15) is 0 Å². The van der Waals surface area contributed by atoms with Crippen LogP contribution in [0, 0.1) is 25.7 Å². The number of aliphatic hydroxyl groups is 4. The van der Waals surface area contributed by atoms with E-state index in [0.717, 1.165) is 37.6 Å². The Kier molecular flexibility index (Phi) is 13.5. The summed E-state index contributed by atoms with van der Waals surface area (Å²) in [6.07, 6.45) is 3.66. The third-order valence-corrected chi connectivity index (χ3v) is 18.3. The number of nitrogens with two attached hydrogens (primary N) is 1. The number of unbranched alkanes of at least 4 members (excludes halogenated alkanes) is 4. The van der Waals surface area contributed by atoms with E-state index in [1.807, 2.05) is 12.1 Å². The molecular weight excluding hydrogens is 846 g/mol. The highest BCUT2D eigenvalue weighted by Gasteiger charge is 2.68. The van der Waals surface area contributed by atoms with Crippen molar-refractivity contribution in [2.45, 2.75) is 83.0 Å². The fraction of sp³-hybridized carbons (Fsp3) is 0.373. The third kappa shape index (κ3) is 8.13. The van der Waals surface area contributed by atoms with Crippen molar-refractivity contribution in [1.82, 2.24) is 4.90 Å². The van der Waals surface area contributed by atoms with Gasteiger partial charge in [0.25, 0.3) is 5.91 Å². The van der Waals surface area contributed by atoms with Gasteiger partial charge in [0.15, 0.2) is 11.4 Å². The Labute approximate surface area is 380 Å². The van der Waals surface area contributed by atoms with Gasteiger partial charge in [-0.15, -0.1) is 0 Å². The van der Waals surface area contributed by atoms with Crippen LogP contribution in [0.4, 0.5) is 5.69 Å². The smallest absolute Gasteiger partial charge is 0.255 e. The summed E-state index contributed by atoms with van der Waals surface area (Å²) in [5.41, 5.74) is 3.45. The molecule has 65 heavy (non-hydrogen) atoms. The number of aliphatic hydroxyl groups excluding tert-OH is 3. The summed E-state index contributed by atoms with van der Waals surface area (Å²) >= 11 is 0. The Balaban J connectivity index is 1.04. The molecule has 0 heterocycles. The number of nitrogens with zero attached hydrogens (tertiary/aromatic N) is 1. The Morgan fingerprint density at radius 1 is 0.815 bits per heavy atom. The summed E-state index contributed by atoms with van der Waals surface area (Å²) in [5.74, 6) is -9.38. The first-order valence-electron chi connectivity index (χ1n) is 22.1. The van der Waals surface area contributed by atoms with E-state index in [0.29, 0.717) is 12.0 Å². The molecule has 1 fully saturated rings. The van der Waals surface area contributed by atoms with Gasteiger partial charge in [-0.1, -0.05) is 61.2 Å². The molecule has 8 N–H and O–H groups in total. The fourth-order valence-corrected chi connectivity index (χ4v) is 14.7. The topological polar surface area (TPSA) is 220 Å². The van der Waals surface area contributed by atoms with Crippen LogP contribution in [0.2, 0.25) is 0 Å². The van der Waals surface area contributed by atoms with Gasteiger partial charge in [-0.05, 0) is 113 Å². The number of nitrogens with one attached hydrogen (secondary N) is 1. The number of Topliss-reactive ketones (excluding diaryl/α,β-unsaturated/α-hetero) is 2. The second-order valence-corrected chi connectivity index (χ2v) is 21.6. The molecule has 0 aliphatic heterocycles. The van der Waals surface area contributed by atoms with Gasteiger partial charge < -0.3 is 41.3 Å². The highest BCUT2D eigenvalue weighted by Crippen LogP contribution is 2.58. The summed E-state index contributed by atoms with van der Waals surface area (Å²) in [5, 5.41) is 64.9. The number of likely N-dealkylation sites (N-methyl/N-ethyl adjacent to an activating group) is 1. The van der Waals surface area contributed by atoms with Gasteiger partial charge in [-0.3, -0.25) is 24.1 Å². The van der Waals surface area contributed by atoms with Crippen molar-refractivity contribution in [2.24, 2.45) is 17.6 Å². The van der Waals surface area contributed by atoms with Gasteiger partial charge in [0.05, 0.1) is 42.6 Å². The van der Waals surface area contributed by atoms with Crippen LogP contribution in [-0.4, -0.2) is 98.9 Å². The number of aromatic hydroxyl groups is 1. The van der Waals surface area contributed by atoms with Crippen molar-refractivity contribution in [2.75, 3.05) is 32.7 Å². The van der Waals surface area contributed by atoms with Crippen LogP contribution in [0.1, 0.15) is 73.6 Å². The normalized spacial score (nSPS) is 22.9. The van der Waals surface area contributed by atoms with Crippen LogP contribution >= 0.6 is 7.26 Å². The molecule has 7 rings (SSSR count). The van der Waals surface area contributed by atoms with Crippen molar-refractivity contribution in [3.63, 3.8) is 0 Å². The first-order chi connectivity index (χ1) is 30.9. The lowest BCUT2D eigenvalue weighted by Gasteiger charge is -2.53. The maximum absolute atomic E-state index is 14.3. The monoisotopic (exact) mass is 904 g/mol. The molecule has 0 radical (unpaired) electrons. The van der Waals surface area contributed by atoms with Crippen molar-refractivity contribution in [3.8, 4) is 11.5 Å². The van der Waals surface area contributed by atoms with E-state index in [2.05, 4.69) is 79.8 Å². The van der Waals surface area contributed by atoms with Crippen LogP contribution in [0.25, 0.3) is 5.76 Å². The molecular formula is C51H59N3O10P+. The lowest BCUT2D eigenvalue weighted by molar-refractivity contribution is -0.169. The summed E-state index contributed by atoms with van der Waals surface area (Å²) in [6, 6.07) is 27.9. The number of hydrogen-bond acceptors (Lipinski definition) is 11. The Morgan fingerprint density at radius 3 is 1.89 bits per heavy atom. The van der Waals surface area contributed by atoms with Gasteiger partial charge in [0, 0.05) is 17.9 Å². The highest BCUT2D eigenvalue weighted by atomic mass is 31.2. The third-order valence-electron chi connectivity index (χ3n) is 13.8. The van der Waals surface area contributed by atoms with Gasteiger partial charge >= 0.3 is 0 Å². The number of aryl methyl sites for hydroxylation is 2. The first kappa shape index (κ1) is 47.1. The molecule has 0 aromatic heterocycles. The standard InChI is InChI=1S/C51H58N3O10P/c1-28-13-19-32(20-14-28)65(33-21-15-29(2)16-22-33,34-23-17-31(64-6)18-24-34)27-11-9-7-8-10-12-37(55)53-36-26-25-35-30(3)38-40(45(57)39(35)44(36)56)48(60)51(63)42(46(38)58)43(54(4)5)47(59)41(49(51)61)50(52)62/h13-26,30,38,42-43,46,58,63H,7-12,27H2,1-6H3,(H5-,52,53,55,56,57,59,60,61,62)/p+1/t30-,38+,42+,43-,46-,51-/m0/s1. The molecule has 6 atom stereocenters. The number of anilines is 1. The molecule has 3 aliphatic carbocycles. The molecule has 0 bridgehead atoms. The fourth-order valence-electron chi connectivity index (χ4n) is 10.4. The minimum Gasteiger partial charge on any atom is -0.508 e. The number of methoxy groups -OCH3 is 1. The van der Waals surface area contributed by atoms with Gasteiger partial charge in [0.2, 0.25) is 11.7 Å². The number of carbonyl (C=O) groups is 4. The van der Waals surface area contributed by atoms with Crippen molar-refractivity contribution in [1.29, 1.82) is 0 Å².